The molecule has 0 aliphatic carbocycles. The van der Waals surface area contributed by atoms with Crippen molar-refractivity contribution in [3.63, 3.8) is 0 Å². The lowest BCUT2D eigenvalue weighted by atomic mass is 10.1. The molecule has 1 atom stereocenters. The Balaban J connectivity index is 0.00000392. The molecule has 5 N–H and O–H groups in total. The number of carbonyl (C=O) groups is 2. The number of hydrogen-bond donors (Lipinski definition) is 5. The first-order chi connectivity index (χ1) is 12.9. The Morgan fingerprint density at radius 3 is 2.36 bits per heavy atom. The molecule has 0 aromatic heterocycles. The lowest BCUT2D eigenvalue weighted by molar-refractivity contribution is -0.139. The molecule has 0 aliphatic rings. The van der Waals surface area contributed by atoms with Crippen molar-refractivity contribution in [2.24, 2.45) is 0 Å². The molecule has 0 fully saturated rings. The van der Waals surface area contributed by atoms with Gasteiger partial charge in [0, 0.05) is 0 Å². The van der Waals surface area contributed by atoms with Gasteiger partial charge in [-0.15, -0.1) is 12.4 Å². The molecule has 0 aliphatic heterocycles. The minimum absolute atomic E-state index is 0. The maximum atomic E-state index is 11.8. The van der Waals surface area contributed by atoms with Crippen molar-refractivity contribution < 1.29 is 34.8 Å². The summed E-state index contributed by atoms with van der Waals surface area (Å²) in [6, 6.07) is 9.26. The number of carboxylic acid groups (broad SMARTS) is 1. The second-order valence-electron chi connectivity index (χ2n) is 5.88. The summed E-state index contributed by atoms with van der Waals surface area (Å²) < 4.78 is 5.05. The molecule has 0 amide bonds. The van der Waals surface area contributed by atoms with Gasteiger partial charge in [-0.05, 0) is 49.2 Å². The highest BCUT2D eigenvalue weighted by atomic mass is 35.5. The van der Waals surface area contributed by atoms with E-state index in [0.29, 0.717) is 12.0 Å². The summed E-state index contributed by atoms with van der Waals surface area (Å²) in [5.74, 6) is -2.46. The standard InChI is InChI=1S/C19H21NO7.ClH/c21-15-5-2-1-4-13(15)19(26)27-9-3-8-20-14(18(24)25)10-12-6-7-16(22)17(23)11-12;/h1-2,4-7,11,14,20-23H,3,8-10H2,(H,24,25);1H/t14-;/m0./s1. The molecule has 0 unspecified atom stereocenters. The number of para-hydroxylation sites is 1. The molecule has 2 rings (SSSR count). The van der Waals surface area contributed by atoms with E-state index in [1.165, 1.54) is 30.3 Å². The van der Waals surface area contributed by atoms with Crippen molar-refractivity contribution >= 4 is 24.3 Å². The van der Waals surface area contributed by atoms with Crippen LogP contribution in [0.1, 0.15) is 22.3 Å². The summed E-state index contributed by atoms with van der Waals surface area (Å²) in [5.41, 5.74) is 0.622. The third-order valence-corrected chi connectivity index (χ3v) is 3.85. The zero-order valence-electron chi connectivity index (χ0n) is 14.9. The van der Waals surface area contributed by atoms with Crippen LogP contribution in [0, 0.1) is 0 Å². The highest BCUT2D eigenvalue weighted by molar-refractivity contribution is 5.92. The highest BCUT2D eigenvalue weighted by Gasteiger charge is 2.18. The molecule has 0 bridgehead atoms. The fourth-order valence-corrected chi connectivity index (χ4v) is 2.42. The molecule has 28 heavy (non-hydrogen) atoms. The topological polar surface area (TPSA) is 136 Å². The summed E-state index contributed by atoms with van der Waals surface area (Å²) in [6.45, 7) is 0.349. The molecule has 0 heterocycles. The van der Waals surface area contributed by atoms with Gasteiger partial charge in [0.2, 0.25) is 0 Å². The molecule has 0 radical (unpaired) electrons. The molecular weight excluding hydrogens is 390 g/mol. The highest BCUT2D eigenvalue weighted by Crippen LogP contribution is 2.25. The number of aliphatic carboxylic acids is 1. The second-order valence-corrected chi connectivity index (χ2v) is 5.88. The quantitative estimate of drug-likeness (QED) is 0.240. The summed E-state index contributed by atoms with van der Waals surface area (Å²) in [6.07, 6.45) is 0.491. The van der Waals surface area contributed by atoms with Crippen LogP contribution in [-0.4, -0.2) is 51.6 Å². The van der Waals surface area contributed by atoms with Crippen LogP contribution in [0.3, 0.4) is 0 Å². The van der Waals surface area contributed by atoms with Crippen molar-refractivity contribution in [3.05, 3.63) is 53.6 Å². The van der Waals surface area contributed by atoms with Crippen molar-refractivity contribution in [1.29, 1.82) is 0 Å². The van der Waals surface area contributed by atoms with Crippen LogP contribution in [-0.2, 0) is 16.0 Å². The number of esters is 1. The van der Waals surface area contributed by atoms with E-state index in [2.05, 4.69) is 5.32 Å². The van der Waals surface area contributed by atoms with Crippen LogP contribution < -0.4 is 5.32 Å². The maximum absolute atomic E-state index is 11.8. The van der Waals surface area contributed by atoms with Gasteiger partial charge in [0.1, 0.15) is 17.4 Å². The van der Waals surface area contributed by atoms with Crippen LogP contribution in [0.15, 0.2) is 42.5 Å². The number of phenolic OH excluding ortho intramolecular Hbond substituents is 3. The molecule has 152 valence electrons. The van der Waals surface area contributed by atoms with E-state index in [0.717, 1.165) is 0 Å². The van der Waals surface area contributed by atoms with Gasteiger partial charge in [0.05, 0.1) is 6.61 Å². The van der Waals surface area contributed by atoms with Crippen molar-refractivity contribution in [2.75, 3.05) is 13.2 Å². The van der Waals surface area contributed by atoms with Gasteiger partial charge in [0.15, 0.2) is 11.5 Å². The molecule has 2 aromatic rings. The zero-order chi connectivity index (χ0) is 19.8. The van der Waals surface area contributed by atoms with E-state index in [9.17, 15) is 30.0 Å². The molecule has 0 spiro atoms. The number of carbonyl (C=O) groups excluding carboxylic acids is 1. The smallest absolute Gasteiger partial charge is 0.341 e. The van der Waals surface area contributed by atoms with Gasteiger partial charge >= 0.3 is 11.9 Å². The predicted octanol–water partition coefficient (Wildman–Crippen LogP) is 2.06. The second kappa shape index (κ2) is 11.0. The number of carboxylic acids is 1. The fourth-order valence-electron chi connectivity index (χ4n) is 2.42. The van der Waals surface area contributed by atoms with E-state index >= 15 is 0 Å². The maximum Gasteiger partial charge on any atom is 0.341 e. The number of hydrogen-bond acceptors (Lipinski definition) is 7. The Morgan fingerprint density at radius 1 is 1.00 bits per heavy atom. The fraction of sp³-hybridized carbons (Fsp3) is 0.263. The zero-order valence-corrected chi connectivity index (χ0v) is 15.7. The van der Waals surface area contributed by atoms with Crippen molar-refractivity contribution in [2.45, 2.75) is 18.9 Å². The number of halogens is 1. The number of ether oxygens (including phenoxy) is 1. The number of aromatic hydroxyl groups is 3. The predicted molar refractivity (Wildman–Crippen MR) is 103 cm³/mol. The molecule has 0 saturated carbocycles. The Hall–Kier alpha value is -2.97. The Kier molecular flexibility index (Phi) is 9.07. The first-order valence-electron chi connectivity index (χ1n) is 8.30. The number of nitrogens with one attached hydrogen (secondary N) is 1. The van der Waals surface area contributed by atoms with Crippen LogP contribution in [0.25, 0.3) is 0 Å². The van der Waals surface area contributed by atoms with Crippen molar-refractivity contribution in [1.82, 2.24) is 5.32 Å². The van der Waals surface area contributed by atoms with Crippen LogP contribution in [0.2, 0.25) is 0 Å². The van der Waals surface area contributed by atoms with Gasteiger partial charge in [0.25, 0.3) is 0 Å². The number of benzene rings is 2. The summed E-state index contributed by atoms with van der Waals surface area (Å²) in [7, 11) is 0. The van der Waals surface area contributed by atoms with E-state index < -0.39 is 18.0 Å². The Morgan fingerprint density at radius 2 is 1.71 bits per heavy atom. The van der Waals surface area contributed by atoms with E-state index in [4.69, 9.17) is 4.74 Å². The molecule has 0 saturated heterocycles. The first-order valence-corrected chi connectivity index (χ1v) is 8.30. The number of phenols is 3. The van der Waals surface area contributed by atoms with Crippen LogP contribution in [0.5, 0.6) is 17.2 Å². The van der Waals surface area contributed by atoms with Crippen molar-refractivity contribution in [3.8, 4) is 17.2 Å². The third kappa shape index (κ3) is 6.64. The molecule has 9 heteroatoms. The molecular formula is C19H22ClNO7. The van der Waals surface area contributed by atoms with E-state index in [1.54, 1.807) is 12.1 Å². The average molecular weight is 412 g/mol. The number of rotatable bonds is 9. The Bertz CT molecular complexity index is 813. The summed E-state index contributed by atoms with van der Waals surface area (Å²) in [4.78, 5) is 23.2. The monoisotopic (exact) mass is 411 g/mol. The average Bonchev–Trinajstić information content (AvgIpc) is 2.63. The Labute approximate surface area is 167 Å². The SMILES string of the molecule is Cl.O=C(OCCCN[C@@H](Cc1ccc(O)c(O)c1)C(=O)O)c1ccccc1O. The van der Waals surface area contributed by atoms with E-state index in [1.807, 2.05) is 0 Å². The van der Waals surface area contributed by atoms with E-state index in [-0.39, 0.29) is 54.8 Å². The van der Waals surface area contributed by atoms with Gasteiger partial charge in [-0.25, -0.2) is 4.79 Å². The van der Waals surface area contributed by atoms with Gasteiger partial charge < -0.3 is 30.5 Å². The summed E-state index contributed by atoms with van der Waals surface area (Å²) in [5, 5.41) is 40.5. The summed E-state index contributed by atoms with van der Waals surface area (Å²) >= 11 is 0. The minimum Gasteiger partial charge on any atom is -0.507 e. The minimum atomic E-state index is -1.06. The lowest BCUT2D eigenvalue weighted by Crippen LogP contribution is -2.39. The van der Waals surface area contributed by atoms with Gasteiger partial charge in [-0.1, -0.05) is 18.2 Å². The van der Waals surface area contributed by atoms with Crippen LogP contribution in [0.4, 0.5) is 0 Å². The largest absolute Gasteiger partial charge is 0.507 e. The first kappa shape index (κ1) is 23.1. The lowest BCUT2D eigenvalue weighted by Gasteiger charge is -2.15. The van der Waals surface area contributed by atoms with Crippen LogP contribution >= 0.6 is 12.4 Å². The molecule has 2 aromatic carbocycles. The molecule has 8 nitrogen and oxygen atoms in total. The third-order valence-electron chi connectivity index (χ3n) is 3.85. The van der Waals surface area contributed by atoms with Gasteiger partial charge in [-0.3, -0.25) is 4.79 Å². The van der Waals surface area contributed by atoms with Gasteiger partial charge in [-0.2, -0.15) is 0 Å². The normalized spacial score (nSPS) is 11.3.